The molecule has 8 heteroatoms. The number of aryl methyl sites for hydroxylation is 2. The number of halogens is 1. The van der Waals surface area contributed by atoms with Gasteiger partial charge in [-0.15, -0.1) is 0 Å². The smallest absolute Gasteiger partial charge is 0.234 e. The number of nitrogens with zero attached hydrogens (tertiary/aromatic N) is 1. The predicted octanol–water partition coefficient (Wildman–Crippen LogP) is 4.93. The molecule has 0 aromatic heterocycles. The van der Waals surface area contributed by atoms with E-state index < -0.39 is 5.92 Å². The van der Waals surface area contributed by atoms with Gasteiger partial charge in [0.05, 0.1) is 34.6 Å². The number of nitrogens with one attached hydrogen (secondary N) is 2. The van der Waals surface area contributed by atoms with E-state index in [1.165, 1.54) is 7.11 Å². The van der Waals surface area contributed by atoms with Crippen LogP contribution in [0.25, 0.3) is 0 Å². The molecule has 0 saturated carbocycles. The number of anilines is 1. The van der Waals surface area contributed by atoms with E-state index in [1.807, 2.05) is 32.0 Å². The van der Waals surface area contributed by atoms with Crippen molar-refractivity contribution in [2.24, 2.45) is 0 Å². The Morgan fingerprint density at radius 2 is 2.16 bits per heavy atom. The zero-order valence-electron chi connectivity index (χ0n) is 18.1. The summed E-state index contributed by atoms with van der Waals surface area (Å²) in [6.45, 7) is 3.98. The largest absolute Gasteiger partial charge is 0.495 e. The second kappa shape index (κ2) is 10.6. The van der Waals surface area contributed by atoms with Crippen molar-refractivity contribution in [2.75, 3.05) is 18.2 Å². The van der Waals surface area contributed by atoms with E-state index in [4.69, 9.17) is 16.3 Å². The van der Waals surface area contributed by atoms with Gasteiger partial charge in [0.25, 0.3) is 0 Å². The van der Waals surface area contributed by atoms with Gasteiger partial charge in [-0.2, -0.15) is 5.26 Å². The van der Waals surface area contributed by atoms with Gasteiger partial charge < -0.3 is 15.4 Å². The lowest BCUT2D eigenvalue weighted by atomic mass is 9.87. The first-order valence-corrected chi connectivity index (χ1v) is 11.5. The van der Waals surface area contributed by atoms with Crippen LogP contribution in [-0.2, 0) is 16.0 Å². The van der Waals surface area contributed by atoms with E-state index in [1.54, 1.807) is 18.2 Å². The Morgan fingerprint density at radius 1 is 1.38 bits per heavy atom. The molecule has 0 bridgehead atoms. The van der Waals surface area contributed by atoms with Crippen molar-refractivity contribution in [1.29, 1.82) is 5.26 Å². The number of hydrogen-bond donors (Lipinski definition) is 2. The summed E-state index contributed by atoms with van der Waals surface area (Å²) in [6, 6.07) is 13.3. The number of para-hydroxylation sites is 1. The first-order valence-electron chi connectivity index (χ1n) is 10.2. The SMILES string of the molecule is CCc1cccc(C)c1NC(=O)CSC1=C(C#N)[C@H](c2ccc(OC)c(Cl)c2)CC(=O)N1. The van der Waals surface area contributed by atoms with Crippen LogP contribution in [0.2, 0.25) is 5.02 Å². The Balaban J connectivity index is 1.80. The third kappa shape index (κ3) is 5.26. The van der Waals surface area contributed by atoms with E-state index in [-0.39, 0.29) is 24.0 Å². The summed E-state index contributed by atoms with van der Waals surface area (Å²) >= 11 is 7.39. The van der Waals surface area contributed by atoms with Crippen molar-refractivity contribution in [3.8, 4) is 11.8 Å². The van der Waals surface area contributed by atoms with Gasteiger partial charge in [0.2, 0.25) is 11.8 Å². The molecule has 2 aromatic carbocycles. The fourth-order valence-electron chi connectivity index (χ4n) is 3.63. The number of benzene rings is 2. The summed E-state index contributed by atoms with van der Waals surface area (Å²) in [5, 5.41) is 16.4. The molecule has 0 unspecified atom stereocenters. The highest BCUT2D eigenvalue weighted by Crippen LogP contribution is 2.38. The topological polar surface area (TPSA) is 91.2 Å². The van der Waals surface area contributed by atoms with Crippen molar-refractivity contribution in [2.45, 2.75) is 32.6 Å². The molecule has 0 saturated heterocycles. The lowest BCUT2D eigenvalue weighted by Gasteiger charge is -2.25. The maximum absolute atomic E-state index is 12.6. The average molecular weight is 470 g/mol. The first kappa shape index (κ1) is 23.7. The van der Waals surface area contributed by atoms with E-state index in [0.717, 1.165) is 40.6 Å². The minimum absolute atomic E-state index is 0.0639. The molecule has 1 heterocycles. The van der Waals surface area contributed by atoms with Crippen LogP contribution in [0, 0.1) is 18.3 Å². The maximum Gasteiger partial charge on any atom is 0.234 e. The number of hydrogen-bond acceptors (Lipinski definition) is 5. The summed E-state index contributed by atoms with van der Waals surface area (Å²) < 4.78 is 5.18. The molecule has 1 atom stereocenters. The number of methoxy groups -OCH3 is 1. The molecule has 0 fully saturated rings. The van der Waals surface area contributed by atoms with Gasteiger partial charge in [-0.1, -0.05) is 54.6 Å². The summed E-state index contributed by atoms with van der Waals surface area (Å²) in [5.74, 6) is -0.268. The van der Waals surface area contributed by atoms with Crippen LogP contribution < -0.4 is 15.4 Å². The van der Waals surface area contributed by atoms with E-state index in [2.05, 4.69) is 16.7 Å². The molecule has 32 heavy (non-hydrogen) atoms. The summed E-state index contributed by atoms with van der Waals surface area (Å²) in [4.78, 5) is 25.0. The number of carbonyl (C=O) groups is 2. The van der Waals surface area contributed by atoms with Crippen molar-refractivity contribution < 1.29 is 14.3 Å². The van der Waals surface area contributed by atoms with Gasteiger partial charge in [0.1, 0.15) is 5.75 Å². The van der Waals surface area contributed by atoms with Crippen LogP contribution >= 0.6 is 23.4 Å². The zero-order chi connectivity index (χ0) is 23.3. The monoisotopic (exact) mass is 469 g/mol. The summed E-state index contributed by atoms with van der Waals surface area (Å²) in [5.41, 5.74) is 4.02. The van der Waals surface area contributed by atoms with E-state index in [9.17, 15) is 14.9 Å². The molecule has 1 aliphatic heterocycles. The molecule has 2 aromatic rings. The van der Waals surface area contributed by atoms with Crippen LogP contribution in [0.4, 0.5) is 5.69 Å². The maximum atomic E-state index is 12.6. The Labute approximate surface area is 197 Å². The average Bonchev–Trinajstić information content (AvgIpc) is 2.78. The quantitative estimate of drug-likeness (QED) is 0.599. The van der Waals surface area contributed by atoms with Gasteiger partial charge in [0.15, 0.2) is 0 Å². The number of thioether (sulfide) groups is 1. The van der Waals surface area contributed by atoms with Crippen LogP contribution in [-0.4, -0.2) is 24.7 Å². The molecule has 2 N–H and O–H groups in total. The van der Waals surface area contributed by atoms with Crippen LogP contribution in [0.5, 0.6) is 5.75 Å². The molecule has 166 valence electrons. The standard InChI is InChI=1S/C24H24ClN3O3S/c1-4-15-7-5-6-14(2)23(15)27-22(30)13-32-24-18(12-26)17(11-21(29)28-24)16-8-9-20(31-3)19(25)10-16/h5-10,17H,4,11,13H2,1-3H3,(H,27,30)(H,28,29)/t17-/m0/s1. The molecule has 6 nitrogen and oxygen atoms in total. The number of amides is 2. The lowest BCUT2D eigenvalue weighted by Crippen LogP contribution is -2.31. The molecule has 1 aliphatic rings. The number of allylic oxidation sites excluding steroid dienone is 1. The van der Waals surface area contributed by atoms with Gasteiger partial charge in [0, 0.05) is 18.0 Å². The Kier molecular flexibility index (Phi) is 7.84. The first-order chi connectivity index (χ1) is 15.4. The van der Waals surface area contributed by atoms with Gasteiger partial charge in [-0.3, -0.25) is 9.59 Å². The van der Waals surface area contributed by atoms with Gasteiger partial charge in [-0.05, 0) is 42.2 Å². The number of carbonyl (C=O) groups excluding carboxylic acids is 2. The zero-order valence-corrected chi connectivity index (χ0v) is 19.7. The number of rotatable bonds is 7. The third-order valence-electron chi connectivity index (χ3n) is 5.29. The number of ether oxygens (including phenoxy) is 1. The van der Waals surface area contributed by atoms with E-state index in [0.29, 0.717) is 21.4 Å². The van der Waals surface area contributed by atoms with Crippen LogP contribution in [0.1, 0.15) is 36.0 Å². The molecule has 0 radical (unpaired) electrons. The minimum Gasteiger partial charge on any atom is -0.495 e. The van der Waals surface area contributed by atoms with Crippen LogP contribution in [0.15, 0.2) is 47.0 Å². The summed E-state index contributed by atoms with van der Waals surface area (Å²) in [6.07, 6.45) is 0.932. The third-order valence-corrected chi connectivity index (χ3v) is 6.60. The Morgan fingerprint density at radius 3 is 2.81 bits per heavy atom. The Bertz CT molecular complexity index is 1120. The molecular weight excluding hydrogens is 446 g/mol. The van der Waals surface area contributed by atoms with Gasteiger partial charge in [-0.25, -0.2) is 0 Å². The van der Waals surface area contributed by atoms with Crippen molar-refractivity contribution in [3.05, 3.63) is 68.7 Å². The second-order valence-corrected chi connectivity index (χ2v) is 8.75. The molecule has 0 aliphatic carbocycles. The number of nitriles is 1. The fraction of sp³-hybridized carbons (Fsp3) is 0.292. The fourth-order valence-corrected chi connectivity index (χ4v) is 4.78. The predicted molar refractivity (Wildman–Crippen MR) is 128 cm³/mol. The van der Waals surface area contributed by atoms with Crippen molar-refractivity contribution in [3.63, 3.8) is 0 Å². The highest BCUT2D eigenvalue weighted by Gasteiger charge is 2.30. The van der Waals surface area contributed by atoms with Crippen molar-refractivity contribution >= 4 is 40.9 Å². The van der Waals surface area contributed by atoms with E-state index >= 15 is 0 Å². The van der Waals surface area contributed by atoms with Crippen LogP contribution in [0.3, 0.4) is 0 Å². The normalized spacial score (nSPS) is 15.7. The molecule has 3 rings (SSSR count). The Hall–Kier alpha value is -2.95. The van der Waals surface area contributed by atoms with Crippen molar-refractivity contribution in [1.82, 2.24) is 5.32 Å². The lowest BCUT2D eigenvalue weighted by molar-refractivity contribution is -0.121. The molecule has 0 spiro atoms. The highest BCUT2D eigenvalue weighted by molar-refractivity contribution is 8.03. The molecular formula is C24H24ClN3O3S. The minimum atomic E-state index is -0.439. The second-order valence-electron chi connectivity index (χ2n) is 7.35. The molecule has 2 amide bonds. The summed E-state index contributed by atoms with van der Waals surface area (Å²) in [7, 11) is 1.52. The van der Waals surface area contributed by atoms with Gasteiger partial charge >= 0.3 is 0 Å². The highest BCUT2D eigenvalue weighted by atomic mass is 35.5.